The molecule has 1 aliphatic rings. The second-order valence-electron chi connectivity index (χ2n) is 3.10. The monoisotopic (exact) mass is 255 g/mol. The zero-order valence-corrected chi connectivity index (χ0v) is 9.49. The van der Waals surface area contributed by atoms with Crippen molar-refractivity contribution in [1.82, 2.24) is 4.72 Å². The van der Waals surface area contributed by atoms with Gasteiger partial charge in [-0.15, -0.1) is 0 Å². The molecule has 1 fully saturated rings. The van der Waals surface area contributed by atoms with Gasteiger partial charge in [-0.3, -0.25) is 0 Å². The molecule has 0 aromatic heterocycles. The van der Waals surface area contributed by atoms with Crippen molar-refractivity contribution in [2.75, 3.05) is 6.54 Å². The van der Waals surface area contributed by atoms with Gasteiger partial charge in [0.1, 0.15) is 0 Å². The first kappa shape index (κ1) is 10.5. The molecule has 72 valence electrons. The Balaban J connectivity index is 2.30. The van der Waals surface area contributed by atoms with Crippen molar-refractivity contribution >= 4 is 26.0 Å². The number of hydrogen-bond donors (Lipinski definition) is 1. The van der Waals surface area contributed by atoms with Crippen LogP contribution in [0.15, 0.2) is 0 Å². The molecule has 1 unspecified atom stereocenters. The summed E-state index contributed by atoms with van der Waals surface area (Å²) >= 11 is 3.37. The first-order valence-electron chi connectivity index (χ1n) is 4.19. The van der Waals surface area contributed by atoms with Gasteiger partial charge < -0.3 is 0 Å². The van der Waals surface area contributed by atoms with Gasteiger partial charge in [0.2, 0.25) is 10.0 Å². The van der Waals surface area contributed by atoms with E-state index >= 15 is 0 Å². The fourth-order valence-corrected chi connectivity index (χ4v) is 2.65. The lowest BCUT2D eigenvalue weighted by Gasteiger charge is -2.08. The molecular formula is C7H14BrNO2S. The van der Waals surface area contributed by atoms with Crippen LogP contribution in [0.1, 0.15) is 26.2 Å². The Kier molecular flexibility index (Phi) is 3.55. The maximum absolute atomic E-state index is 11.3. The number of nitrogens with one attached hydrogen (secondary N) is 1. The van der Waals surface area contributed by atoms with Crippen LogP contribution < -0.4 is 4.72 Å². The molecule has 0 aromatic carbocycles. The highest BCUT2D eigenvalue weighted by Crippen LogP contribution is 2.27. The quantitative estimate of drug-likeness (QED) is 0.752. The third kappa shape index (κ3) is 3.03. The maximum atomic E-state index is 11.3. The smallest absolute Gasteiger partial charge is 0.214 e. The van der Waals surface area contributed by atoms with E-state index in [1.165, 1.54) is 0 Å². The number of hydrogen-bond acceptors (Lipinski definition) is 2. The molecule has 0 aliphatic heterocycles. The van der Waals surface area contributed by atoms with Crippen LogP contribution in [0.3, 0.4) is 0 Å². The Morgan fingerprint density at radius 3 is 2.58 bits per heavy atom. The lowest BCUT2D eigenvalue weighted by atomic mass is 10.3. The van der Waals surface area contributed by atoms with Gasteiger partial charge in [0, 0.05) is 11.4 Å². The average Bonchev–Trinajstić information content (AvgIpc) is 2.82. The Bertz CT molecular complexity index is 236. The third-order valence-corrected chi connectivity index (χ3v) is 4.80. The Morgan fingerprint density at radius 1 is 1.58 bits per heavy atom. The molecular weight excluding hydrogens is 242 g/mol. The number of rotatable bonds is 5. The summed E-state index contributed by atoms with van der Waals surface area (Å²) in [4.78, 5) is 0.256. The summed E-state index contributed by atoms with van der Waals surface area (Å²) < 4.78 is 25.2. The van der Waals surface area contributed by atoms with Crippen LogP contribution in [-0.4, -0.2) is 25.0 Å². The molecule has 1 aliphatic carbocycles. The van der Waals surface area contributed by atoms with Gasteiger partial charge in [0.25, 0.3) is 0 Å². The molecule has 1 atom stereocenters. The van der Waals surface area contributed by atoms with Crippen LogP contribution in [0.4, 0.5) is 0 Å². The van der Waals surface area contributed by atoms with Gasteiger partial charge >= 0.3 is 0 Å². The molecule has 12 heavy (non-hydrogen) atoms. The van der Waals surface area contributed by atoms with Crippen LogP contribution in [-0.2, 0) is 10.0 Å². The number of sulfonamides is 1. The van der Waals surface area contributed by atoms with Gasteiger partial charge in [-0.05, 0) is 19.3 Å². The molecule has 1 rings (SSSR count). The normalized spacial score (nSPS) is 20.8. The average molecular weight is 256 g/mol. The third-order valence-electron chi connectivity index (χ3n) is 1.91. The SMILES string of the molecule is CCC(Br)CNS(=O)(=O)C1CC1. The van der Waals surface area contributed by atoms with Crippen molar-refractivity contribution in [2.45, 2.75) is 36.3 Å². The Labute approximate surface area is 82.1 Å². The molecule has 5 heteroatoms. The molecule has 1 saturated carbocycles. The lowest BCUT2D eigenvalue weighted by Crippen LogP contribution is -2.31. The van der Waals surface area contributed by atoms with Crippen molar-refractivity contribution in [3.8, 4) is 0 Å². The van der Waals surface area contributed by atoms with E-state index in [1.54, 1.807) is 0 Å². The second-order valence-corrected chi connectivity index (χ2v) is 6.44. The molecule has 0 heterocycles. The Hall–Kier alpha value is 0.390. The predicted molar refractivity (Wildman–Crippen MR) is 53.0 cm³/mol. The fourth-order valence-electron chi connectivity index (χ4n) is 0.847. The van der Waals surface area contributed by atoms with Crippen LogP contribution in [0, 0.1) is 0 Å². The van der Waals surface area contributed by atoms with Gasteiger partial charge in [0.15, 0.2) is 0 Å². The minimum atomic E-state index is -2.97. The van der Waals surface area contributed by atoms with Gasteiger partial charge in [-0.2, -0.15) is 0 Å². The summed E-state index contributed by atoms with van der Waals surface area (Å²) in [7, 11) is -2.97. The molecule has 3 nitrogen and oxygen atoms in total. The van der Waals surface area contributed by atoms with Crippen molar-refractivity contribution in [3.05, 3.63) is 0 Å². The zero-order valence-electron chi connectivity index (χ0n) is 7.09. The molecule has 0 aromatic rings. The minimum Gasteiger partial charge on any atom is -0.214 e. The van der Waals surface area contributed by atoms with E-state index in [2.05, 4.69) is 20.7 Å². The van der Waals surface area contributed by atoms with Crippen LogP contribution >= 0.6 is 15.9 Å². The van der Waals surface area contributed by atoms with E-state index < -0.39 is 10.0 Å². The summed E-state index contributed by atoms with van der Waals surface area (Å²) in [6.07, 6.45) is 2.59. The molecule has 0 bridgehead atoms. The topological polar surface area (TPSA) is 46.2 Å². The summed E-state index contributed by atoms with van der Waals surface area (Å²) in [6.45, 7) is 2.53. The highest BCUT2D eigenvalue weighted by atomic mass is 79.9. The van der Waals surface area contributed by atoms with Gasteiger partial charge in [-0.25, -0.2) is 13.1 Å². The van der Waals surface area contributed by atoms with E-state index in [1.807, 2.05) is 6.92 Å². The fraction of sp³-hybridized carbons (Fsp3) is 1.00. The summed E-state index contributed by atoms with van der Waals surface area (Å²) in [5.41, 5.74) is 0. The lowest BCUT2D eigenvalue weighted by molar-refractivity contribution is 0.578. The first-order chi connectivity index (χ1) is 5.56. The largest absolute Gasteiger partial charge is 0.214 e. The summed E-state index contributed by atoms with van der Waals surface area (Å²) in [6, 6.07) is 0. The molecule has 0 spiro atoms. The molecule has 0 amide bonds. The van der Waals surface area contributed by atoms with E-state index in [-0.39, 0.29) is 10.1 Å². The van der Waals surface area contributed by atoms with Crippen LogP contribution in [0.5, 0.6) is 0 Å². The molecule has 0 radical (unpaired) electrons. The zero-order chi connectivity index (χ0) is 9.19. The second kappa shape index (κ2) is 4.07. The van der Waals surface area contributed by atoms with Gasteiger partial charge in [0.05, 0.1) is 5.25 Å². The van der Waals surface area contributed by atoms with Crippen molar-refractivity contribution in [3.63, 3.8) is 0 Å². The highest BCUT2D eigenvalue weighted by molar-refractivity contribution is 9.09. The summed E-state index contributed by atoms with van der Waals surface area (Å²) in [5.74, 6) is 0. The maximum Gasteiger partial charge on any atom is 0.214 e. The minimum absolute atomic E-state index is 0.103. The van der Waals surface area contributed by atoms with Crippen LogP contribution in [0.2, 0.25) is 0 Å². The Morgan fingerprint density at radius 2 is 2.17 bits per heavy atom. The molecule has 0 saturated heterocycles. The van der Waals surface area contributed by atoms with E-state index in [4.69, 9.17) is 0 Å². The van der Waals surface area contributed by atoms with E-state index in [0.29, 0.717) is 6.54 Å². The molecule has 1 N–H and O–H groups in total. The summed E-state index contributed by atoms with van der Waals surface area (Å²) in [5, 5.41) is -0.103. The van der Waals surface area contributed by atoms with E-state index in [9.17, 15) is 8.42 Å². The standard InChI is InChI=1S/C7H14BrNO2S/c1-2-6(8)5-9-12(10,11)7-3-4-7/h6-7,9H,2-5H2,1H3. The van der Waals surface area contributed by atoms with Crippen molar-refractivity contribution < 1.29 is 8.42 Å². The van der Waals surface area contributed by atoms with Gasteiger partial charge in [-0.1, -0.05) is 22.9 Å². The van der Waals surface area contributed by atoms with Crippen molar-refractivity contribution in [2.24, 2.45) is 0 Å². The van der Waals surface area contributed by atoms with E-state index in [0.717, 1.165) is 19.3 Å². The van der Waals surface area contributed by atoms with Crippen molar-refractivity contribution in [1.29, 1.82) is 0 Å². The number of halogens is 1. The predicted octanol–water partition coefficient (Wildman–Crippen LogP) is 1.24. The first-order valence-corrected chi connectivity index (χ1v) is 6.65. The highest BCUT2D eigenvalue weighted by Gasteiger charge is 2.35. The van der Waals surface area contributed by atoms with Crippen LogP contribution in [0.25, 0.3) is 0 Å². The number of alkyl halides is 1.